The number of carbonyl (C=O) groups is 1. The fraction of sp³-hybridized carbons (Fsp3) is 0.375. The van der Waals surface area contributed by atoms with Crippen LogP contribution in [0.5, 0.6) is 11.8 Å². The van der Waals surface area contributed by atoms with E-state index in [1.165, 1.54) is 13.3 Å². The fourth-order valence-corrected chi connectivity index (χ4v) is 4.85. The number of halogens is 1. The van der Waals surface area contributed by atoms with Gasteiger partial charge >= 0.3 is 6.01 Å². The third kappa shape index (κ3) is 5.43. The van der Waals surface area contributed by atoms with E-state index in [2.05, 4.69) is 21.4 Å². The van der Waals surface area contributed by atoms with Crippen LogP contribution in [0.4, 0.5) is 5.82 Å². The Kier molecular flexibility index (Phi) is 7.87. The zero-order valence-corrected chi connectivity index (χ0v) is 21.0. The molecule has 1 N–H and O–H groups in total. The third-order valence-electron chi connectivity index (χ3n) is 5.67. The molecular weight excluding hydrogens is 474 g/mol. The predicted octanol–water partition coefficient (Wildman–Crippen LogP) is 4.02. The Morgan fingerprint density at radius 3 is 2.85 bits per heavy atom. The molecule has 0 saturated carbocycles. The molecule has 1 aromatic carbocycles. The molecule has 0 fully saturated rings. The summed E-state index contributed by atoms with van der Waals surface area (Å²) in [6.07, 6.45) is 2.28. The molecule has 1 aliphatic rings. The number of hydrogen-bond donors (Lipinski definition) is 1. The Bertz CT molecular complexity index is 1130. The largest absolute Gasteiger partial charge is 0.483 e. The Balaban J connectivity index is 1.50. The molecule has 0 radical (unpaired) electrons. The van der Waals surface area contributed by atoms with Crippen LogP contribution in [-0.4, -0.2) is 61.6 Å². The molecule has 0 bridgehead atoms. The number of amides is 1. The normalized spacial score (nSPS) is 14.5. The average Bonchev–Trinajstić information content (AvgIpc) is 3.36. The second-order valence-electron chi connectivity index (χ2n) is 8.02. The zero-order valence-electron chi connectivity index (χ0n) is 19.5. The van der Waals surface area contributed by atoms with E-state index in [0.717, 1.165) is 23.4 Å². The van der Waals surface area contributed by atoms with Gasteiger partial charge in [0, 0.05) is 44.2 Å². The van der Waals surface area contributed by atoms with Crippen molar-refractivity contribution in [2.24, 2.45) is 0 Å². The number of anilines is 1. The summed E-state index contributed by atoms with van der Waals surface area (Å²) < 4.78 is 11.4. The lowest BCUT2D eigenvalue weighted by Crippen LogP contribution is -2.33. The highest BCUT2D eigenvalue weighted by molar-refractivity contribution is 7.10. The van der Waals surface area contributed by atoms with Gasteiger partial charge in [0.25, 0.3) is 5.91 Å². The maximum absolute atomic E-state index is 13.2. The summed E-state index contributed by atoms with van der Waals surface area (Å²) in [5.74, 6) is 1.08. The van der Waals surface area contributed by atoms with Gasteiger partial charge in [-0.1, -0.05) is 23.7 Å². The fourth-order valence-electron chi connectivity index (χ4n) is 3.82. The number of ether oxygens (including phenoxy) is 2. The van der Waals surface area contributed by atoms with Gasteiger partial charge in [0.1, 0.15) is 23.2 Å². The molecule has 3 heterocycles. The molecule has 180 valence electrons. The van der Waals surface area contributed by atoms with Gasteiger partial charge in [-0.15, -0.1) is 11.3 Å². The summed E-state index contributed by atoms with van der Waals surface area (Å²) in [6, 6.07) is 10.0. The molecule has 34 heavy (non-hydrogen) atoms. The van der Waals surface area contributed by atoms with E-state index in [1.54, 1.807) is 16.2 Å². The Hall–Kier alpha value is -2.88. The van der Waals surface area contributed by atoms with Crippen molar-refractivity contribution in [1.29, 1.82) is 0 Å². The molecule has 0 aliphatic carbocycles. The van der Waals surface area contributed by atoms with Gasteiger partial charge < -0.3 is 24.6 Å². The van der Waals surface area contributed by atoms with E-state index in [-0.39, 0.29) is 18.0 Å². The summed E-state index contributed by atoms with van der Waals surface area (Å²) in [5.41, 5.74) is 1.38. The van der Waals surface area contributed by atoms with Crippen LogP contribution in [0.25, 0.3) is 0 Å². The Morgan fingerprint density at radius 2 is 2.15 bits per heavy atom. The van der Waals surface area contributed by atoms with Crippen LogP contribution in [0.15, 0.2) is 41.9 Å². The number of thiophene rings is 1. The highest BCUT2D eigenvalue weighted by Crippen LogP contribution is 2.33. The van der Waals surface area contributed by atoms with Crippen LogP contribution in [0.2, 0.25) is 5.02 Å². The topological polar surface area (TPSA) is 79.8 Å². The van der Waals surface area contributed by atoms with Crippen LogP contribution in [-0.2, 0) is 6.54 Å². The minimum absolute atomic E-state index is 0.0768. The molecule has 0 saturated heterocycles. The summed E-state index contributed by atoms with van der Waals surface area (Å²) in [7, 11) is 5.34. The van der Waals surface area contributed by atoms with Crippen molar-refractivity contribution in [2.75, 3.05) is 45.7 Å². The van der Waals surface area contributed by atoms with Crippen LogP contribution < -0.4 is 19.7 Å². The Labute approximate surface area is 208 Å². The number of benzene rings is 1. The maximum Gasteiger partial charge on any atom is 0.318 e. The number of carbonyl (C=O) groups excluding carboxylic acids is 1. The van der Waals surface area contributed by atoms with E-state index in [9.17, 15) is 4.79 Å². The number of likely N-dealkylation sites (N-methyl/N-ethyl adjacent to an activating group) is 1. The van der Waals surface area contributed by atoms with E-state index in [0.29, 0.717) is 41.8 Å². The van der Waals surface area contributed by atoms with Crippen molar-refractivity contribution >= 4 is 34.7 Å². The van der Waals surface area contributed by atoms with Gasteiger partial charge in [-0.2, -0.15) is 4.98 Å². The van der Waals surface area contributed by atoms with Crippen molar-refractivity contribution in [2.45, 2.75) is 19.1 Å². The van der Waals surface area contributed by atoms with Gasteiger partial charge in [-0.3, -0.25) is 4.79 Å². The van der Waals surface area contributed by atoms with Crippen molar-refractivity contribution in [3.8, 4) is 11.8 Å². The highest BCUT2D eigenvalue weighted by atomic mass is 35.5. The number of fused-ring (bicyclic) bond motifs is 1. The number of rotatable bonds is 9. The van der Waals surface area contributed by atoms with Gasteiger partial charge in [-0.05, 0) is 42.7 Å². The molecule has 0 unspecified atom stereocenters. The van der Waals surface area contributed by atoms with Crippen molar-refractivity contribution in [1.82, 2.24) is 20.2 Å². The second kappa shape index (κ2) is 11.0. The first-order chi connectivity index (χ1) is 16.5. The molecule has 1 atom stereocenters. The van der Waals surface area contributed by atoms with Gasteiger partial charge in [0.15, 0.2) is 0 Å². The summed E-state index contributed by atoms with van der Waals surface area (Å²) in [6.45, 7) is 2.45. The molecule has 8 nitrogen and oxygen atoms in total. The van der Waals surface area contributed by atoms with Crippen LogP contribution >= 0.6 is 22.9 Å². The lowest BCUT2D eigenvalue weighted by molar-refractivity contribution is 0.0754. The molecular formula is C24H28ClN5O3S. The minimum Gasteiger partial charge on any atom is -0.483 e. The smallest absolute Gasteiger partial charge is 0.318 e. The monoisotopic (exact) mass is 501 g/mol. The third-order valence-corrected chi connectivity index (χ3v) is 6.93. The summed E-state index contributed by atoms with van der Waals surface area (Å²) >= 11 is 8.28. The van der Waals surface area contributed by atoms with E-state index >= 15 is 0 Å². The molecule has 1 aliphatic heterocycles. The van der Waals surface area contributed by atoms with Crippen molar-refractivity contribution < 1.29 is 14.3 Å². The van der Waals surface area contributed by atoms with E-state index < -0.39 is 0 Å². The molecule has 1 amide bonds. The average molecular weight is 502 g/mol. The standard InChI is InChI=1S/C24H28ClN5O3S/c1-26-9-8-20(21-5-4-12-34-21)33-19-7-6-16(13-18(19)25)15-30-11-10-29(2)22-17(23(30)31)14-27-24(28-22)32-3/h4-7,12-14,20,26H,8-11,15H2,1-3H3/t20-/m0/s1. The second-order valence-corrected chi connectivity index (χ2v) is 9.41. The lowest BCUT2D eigenvalue weighted by atomic mass is 10.1. The van der Waals surface area contributed by atoms with Crippen molar-refractivity contribution in [3.63, 3.8) is 0 Å². The number of methoxy groups -OCH3 is 1. The Morgan fingerprint density at radius 1 is 1.29 bits per heavy atom. The summed E-state index contributed by atoms with van der Waals surface area (Å²) in [4.78, 5) is 26.6. The molecule has 3 aromatic rings. The molecule has 4 rings (SSSR count). The van der Waals surface area contributed by atoms with Crippen LogP contribution in [0, 0.1) is 0 Å². The van der Waals surface area contributed by atoms with Crippen LogP contribution in [0.3, 0.4) is 0 Å². The predicted molar refractivity (Wildman–Crippen MR) is 134 cm³/mol. The highest BCUT2D eigenvalue weighted by Gasteiger charge is 2.27. The van der Waals surface area contributed by atoms with E-state index in [1.807, 2.05) is 48.6 Å². The number of hydrogen-bond acceptors (Lipinski definition) is 8. The molecule has 2 aromatic heterocycles. The van der Waals surface area contributed by atoms with Crippen LogP contribution in [0.1, 0.15) is 33.3 Å². The zero-order chi connectivity index (χ0) is 24.1. The van der Waals surface area contributed by atoms with Gasteiger partial charge in [0.05, 0.1) is 12.1 Å². The van der Waals surface area contributed by atoms with Crippen molar-refractivity contribution in [3.05, 3.63) is 62.9 Å². The number of nitrogens with zero attached hydrogens (tertiary/aromatic N) is 4. The molecule has 0 spiro atoms. The quantitative estimate of drug-likeness (QED) is 0.474. The lowest BCUT2D eigenvalue weighted by Gasteiger charge is -2.22. The SMILES string of the molecule is CNCC[C@H](Oc1ccc(CN2CCN(C)c3nc(OC)ncc3C2=O)cc1Cl)c1cccs1. The number of aromatic nitrogens is 2. The minimum atomic E-state index is -0.122. The maximum atomic E-state index is 13.2. The van der Waals surface area contributed by atoms with Gasteiger partial charge in [-0.25, -0.2) is 4.98 Å². The van der Waals surface area contributed by atoms with Gasteiger partial charge in [0.2, 0.25) is 0 Å². The van der Waals surface area contributed by atoms with E-state index in [4.69, 9.17) is 21.1 Å². The molecule has 10 heteroatoms. The first kappa shape index (κ1) is 24.3. The first-order valence-electron chi connectivity index (χ1n) is 11.0. The summed E-state index contributed by atoms with van der Waals surface area (Å²) in [5, 5.41) is 5.75. The number of nitrogens with one attached hydrogen (secondary N) is 1. The first-order valence-corrected chi connectivity index (χ1v) is 12.3.